The lowest BCUT2D eigenvalue weighted by molar-refractivity contribution is 1.21. The molecule has 0 saturated heterocycles. The second-order valence-corrected chi connectivity index (χ2v) is 3.20. The predicted octanol–water partition coefficient (Wildman–Crippen LogP) is 1.44. The number of aromatic nitrogens is 2. The molecule has 0 spiro atoms. The SMILES string of the molecule is Cc1nc(P)nc2ccccc12. The average molecular weight is 176 g/mol. The third kappa shape index (κ3) is 1.19. The summed E-state index contributed by atoms with van der Waals surface area (Å²) in [5.41, 5.74) is 2.80. The van der Waals surface area contributed by atoms with E-state index in [-0.39, 0.29) is 0 Å². The lowest BCUT2D eigenvalue weighted by atomic mass is 10.2. The van der Waals surface area contributed by atoms with Gasteiger partial charge in [0.05, 0.1) is 5.52 Å². The molecule has 0 N–H and O–H groups in total. The van der Waals surface area contributed by atoms with E-state index in [1.807, 2.05) is 31.2 Å². The molecule has 3 heteroatoms. The topological polar surface area (TPSA) is 25.8 Å². The fourth-order valence-corrected chi connectivity index (χ4v) is 1.59. The molecule has 1 atom stereocenters. The van der Waals surface area contributed by atoms with E-state index in [9.17, 15) is 0 Å². The first-order chi connectivity index (χ1) is 5.77. The van der Waals surface area contributed by atoms with Crippen LogP contribution in [0.4, 0.5) is 0 Å². The van der Waals surface area contributed by atoms with E-state index in [2.05, 4.69) is 19.2 Å². The zero-order chi connectivity index (χ0) is 8.55. The van der Waals surface area contributed by atoms with Crippen molar-refractivity contribution in [2.45, 2.75) is 6.92 Å². The van der Waals surface area contributed by atoms with Crippen LogP contribution >= 0.6 is 9.24 Å². The van der Waals surface area contributed by atoms with Crippen LogP contribution in [-0.4, -0.2) is 9.97 Å². The van der Waals surface area contributed by atoms with Gasteiger partial charge >= 0.3 is 0 Å². The Labute approximate surface area is 73.2 Å². The van der Waals surface area contributed by atoms with E-state index in [1.54, 1.807) is 0 Å². The van der Waals surface area contributed by atoms with Gasteiger partial charge in [0.15, 0.2) is 0 Å². The van der Waals surface area contributed by atoms with Crippen molar-refractivity contribution in [3.8, 4) is 0 Å². The van der Waals surface area contributed by atoms with Crippen molar-refractivity contribution in [2.75, 3.05) is 0 Å². The molecular formula is C9H9N2P. The predicted molar refractivity (Wildman–Crippen MR) is 53.6 cm³/mol. The Morgan fingerprint density at radius 3 is 2.75 bits per heavy atom. The molecule has 12 heavy (non-hydrogen) atoms. The quantitative estimate of drug-likeness (QED) is 0.567. The fourth-order valence-electron chi connectivity index (χ4n) is 1.26. The summed E-state index contributed by atoms with van der Waals surface area (Å²) in [4.78, 5) is 8.54. The molecule has 0 bridgehead atoms. The van der Waals surface area contributed by atoms with Crippen molar-refractivity contribution in [1.82, 2.24) is 9.97 Å². The van der Waals surface area contributed by atoms with Crippen LogP contribution in [0.1, 0.15) is 5.69 Å². The van der Waals surface area contributed by atoms with E-state index in [1.165, 1.54) is 0 Å². The Hall–Kier alpha value is -1.01. The van der Waals surface area contributed by atoms with Crippen LogP contribution in [0.15, 0.2) is 24.3 Å². The van der Waals surface area contributed by atoms with E-state index >= 15 is 0 Å². The van der Waals surface area contributed by atoms with Crippen LogP contribution in [0.5, 0.6) is 0 Å². The molecule has 0 aliphatic carbocycles. The second-order valence-electron chi connectivity index (χ2n) is 2.68. The van der Waals surface area contributed by atoms with Crippen LogP contribution in [0, 0.1) is 6.92 Å². The van der Waals surface area contributed by atoms with E-state index in [0.29, 0.717) is 0 Å². The molecular weight excluding hydrogens is 167 g/mol. The fraction of sp³-hybridized carbons (Fsp3) is 0.111. The summed E-state index contributed by atoms with van der Waals surface area (Å²) in [5.74, 6) is 0. The van der Waals surface area contributed by atoms with Gasteiger partial charge in [-0.25, -0.2) is 9.97 Å². The average Bonchev–Trinajstić information content (AvgIpc) is 2.04. The Kier molecular flexibility index (Phi) is 1.78. The number of hydrogen-bond acceptors (Lipinski definition) is 2. The van der Waals surface area contributed by atoms with E-state index < -0.39 is 0 Å². The number of nitrogens with zero attached hydrogens (tertiary/aromatic N) is 2. The minimum Gasteiger partial charge on any atom is -0.234 e. The number of fused-ring (bicyclic) bond motifs is 1. The third-order valence-corrected chi connectivity index (χ3v) is 2.07. The Morgan fingerprint density at radius 2 is 1.92 bits per heavy atom. The van der Waals surface area contributed by atoms with Crippen molar-refractivity contribution in [3.63, 3.8) is 0 Å². The summed E-state index contributed by atoms with van der Waals surface area (Å²) in [5, 5.41) is 1.13. The maximum atomic E-state index is 4.29. The number of hydrogen-bond donors (Lipinski definition) is 0. The molecule has 0 fully saturated rings. The van der Waals surface area contributed by atoms with Gasteiger partial charge in [0, 0.05) is 11.1 Å². The first-order valence-corrected chi connectivity index (χ1v) is 4.34. The molecule has 0 aliphatic rings. The smallest absolute Gasteiger partial charge is 0.145 e. The van der Waals surface area contributed by atoms with Crippen molar-refractivity contribution in [1.29, 1.82) is 0 Å². The van der Waals surface area contributed by atoms with E-state index in [0.717, 1.165) is 22.2 Å². The highest BCUT2D eigenvalue weighted by Crippen LogP contribution is 2.12. The van der Waals surface area contributed by atoms with Crippen molar-refractivity contribution in [3.05, 3.63) is 30.0 Å². The van der Waals surface area contributed by atoms with Crippen LogP contribution in [-0.2, 0) is 0 Å². The Morgan fingerprint density at radius 1 is 1.17 bits per heavy atom. The summed E-state index contributed by atoms with van der Waals surface area (Å²) in [6.45, 7) is 2.00. The number of para-hydroxylation sites is 1. The molecule has 1 unspecified atom stereocenters. The van der Waals surface area contributed by atoms with Crippen LogP contribution in [0.25, 0.3) is 10.9 Å². The molecule has 1 aromatic carbocycles. The molecule has 1 aromatic heterocycles. The van der Waals surface area contributed by atoms with E-state index in [4.69, 9.17) is 0 Å². The van der Waals surface area contributed by atoms with Gasteiger partial charge < -0.3 is 0 Å². The molecule has 0 radical (unpaired) electrons. The summed E-state index contributed by atoms with van der Waals surface area (Å²) >= 11 is 0. The van der Waals surface area contributed by atoms with Crippen molar-refractivity contribution < 1.29 is 0 Å². The maximum absolute atomic E-state index is 4.29. The molecule has 1 heterocycles. The number of aryl methyl sites for hydroxylation is 1. The van der Waals surface area contributed by atoms with Gasteiger partial charge in [-0.1, -0.05) is 27.4 Å². The van der Waals surface area contributed by atoms with Crippen molar-refractivity contribution >= 4 is 25.7 Å². The normalized spacial score (nSPS) is 10.5. The van der Waals surface area contributed by atoms with Crippen LogP contribution in [0.3, 0.4) is 0 Å². The van der Waals surface area contributed by atoms with Gasteiger partial charge in [-0.3, -0.25) is 0 Å². The highest BCUT2D eigenvalue weighted by atomic mass is 31.0. The summed E-state index contributed by atoms with van der Waals surface area (Å²) in [7, 11) is 2.51. The molecule has 2 nitrogen and oxygen atoms in total. The van der Waals surface area contributed by atoms with Gasteiger partial charge in [0.2, 0.25) is 0 Å². The minimum atomic E-state index is 0.756. The Balaban J connectivity index is 2.89. The summed E-state index contributed by atoms with van der Waals surface area (Å²) in [6.07, 6.45) is 0. The highest BCUT2D eigenvalue weighted by Gasteiger charge is 1.98. The molecule has 2 rings (SSSR count). The summed E-state index contributed by atoms with van der Waals surface area (Å²) < 4.78 is 0. The molecule has 60 valence electrons. The molecule has 0 amide bonds. The summed E-state index contributed by atoms with van der Waals surface area (Å²) in [6, 6.07) is 8.02. The van der Waals surface area contributed by atoms with Crippen LogP contribution in [0.2, 0.25) is 0 Å². The largest absolute Gasteiger partial charge is 0.234 e. The lowest BCUT2D eigenvalue weighted by Gasteiger charge is -2.00. The zero-order valence-electron chi connectivity index (χ0n) is 6.78. The second kappa shape index (κ2) is 2.80. The first kappa shape index (κ1) is 7.63. The number of benzene rings is 1. The van der Waals surface area contributed by atoms with Crippen LogP contribution < -0.4 is 5.57 Å². The first-order valence-electron chi connectivity index (χ1n) is 3.76. The van der Waals surface area contributed by atoms with Gasteiger partial charge in [0.1, 0.15) is 5.57 Å². The van der Waals surface area contributed by atoms with Gasteiger partial charge in [-0.2, -0.15) is 0 Å². The van der Waals surface area contributed by atoms with Gasteiger partial charge in [-0.15, -0.1) is 0 Å². The molecule has 0 saturated carbocycles. The lowest BCUT2D eigenvalue weighted by Crippen LogP contribution is -2.05. The van der Waals surface area contributed by atoms with Gasteiger partial charge in [-0.05, 0) is 13.0 Å². The Bertz CT molecular complexity index is 426. The third-order valence-electron chi connectivity index (χ3n) is 1.81. The highest BCUT2D eigenvalue weighted by molar-refractivity contribution is 7.26. The van der Waals surface area contributed by atoms with Crippen molar-refractivity contribution in [2.24, 2.45) is 0 Å². The molecule has 2 aromatic rings. The molecule has 0 aliphatic heterocycles. The van der Waals surface area contributed by atoms with Gasteiger partial charge in [0.25, 0.3) is 0 Å². The minimum absolute atomic E-state index is 0.756. The monoisotopic (exact) mass is 176 g/mol. The standard InChI is InChI=1S/C9H9N2P/c1-6-7-4-2-3-5-8(7)11-9(12)10-6/h2-5H,12H2,1H3. The number of rotatable bonds is 0. The maximum Gasteiger partial charge on any atom is 0.145 e. The zero-order valence-corrected chi connectivity index (χ0v) is 7.94.